The third kappa shape index (κ3) is 5.14. The van der Waals surface area contributed by atoms with E-state index in [-0.39, 0.29) is 18.4 Å². The highest BCUT2D eigenvalue weighted by atomic mass is 16.5. The van der Waals surface area contributed by atoms with E-state index in [4.69, 9.17) is 4.74 Å². The molecule has 0 amide bonds. The van der Waals surface area contributed by atoms with Crippen LogP contribution in [-0.2, 0) is 17.8 Å². The average Bonchev–Trinajstić information content (AvgIpc) is 2.71. The van der Waals surface area contributed by atoms with Crippen LogP contribution >= 0.6 is 0 Å². The Morgan fingerprint density at radius 2 is 1.48 bits per heavy atom. The molecule has 0 atom stereocenters. The highest BCUT2D eigenvalue weighted by Crippen LogP contribution is 2.16. The molecule has 136 valence electrons. The van der Waals surface area contributed by atoms with Crippen LogP contribution in [0.3, 0.4) is 0 Å². The van der Waals surface area contributed by atoms with Crippen molar-refractivity contribution in [1.82, 2.24) is 0 Å². The third-order valence-corrected chi connectivity index (χ3v) is 4.44. The number of aryl methyl sites for hydroxylation is 2. The third-order valence-electron chi connectivity index (χ3n) is 4.44. The van der Waals surface area contributed by atoms with Crippen molar-refractivity contribution >= 4 is 11.8 Å². The molecule has 0 spiro atoms. The standard InChI is InChI=1S/C24H22O3/c1-18-11-13-21(14-12-18)23(25)16-15-20-9-5-6-10-22(20)24(26)27-17-19-7-3-2-4-8-19/h2-14H,15-17H2,1H3. The van der Waals surface area contributed by atoms with E-state index in [1.165, 1.54) is 0 Å². The van der Waals surface area contributed by atoms with Gasteiger partial charge in [0, 0.05) is 12.0 Å². The molecule has 0 aliphatic rings. The van der Waals surface area contributed by atoms with Crippen molar-refractivity contribution < 1.29 is 14.3 Å². The summed E-state index contributed by atoms with van der Waals surface area (Å²) in [7, 11) is 0. The fourth-order valence-corrected chi connectivity index (χ4v) is 2.87. The summed E-state index contributed by atoms with van der Waals surface area (Å²) in [6.07, 6.45) is 0.857. The number of carbonyl (C=O) groups is 2. The van der Waals surface area contributed by atoms with Crippen molar-refractivity contribution in [3.05, 3.63) is 107 Å². The van der Waals surface area contributed by atoms with Gasteiger partial charge in [-0.25, -0.2) is 4.79 Å². The van der Waals surface area contributed by atoms with Crippen LogP contribution < -0.4 is 0 Å². The first-order valence-electron chi connectivity index (χ1n) is 9.02. The second-order valence-corrected chi connectivity index (χ2v) is 6.51. The summed E-state index contributed by atoms with van der Waals surface area (Å²) in [6.45, 7) is 2.22. The Hall–Kier alpha value is -3.20. The minimum atomic E-state index is -0.364. The molecular formula is C24H22O3. The van der Waals surface area contributed by atoms with Crippen molar-refractivity contribution in [2.45, 2.75) is 26.4 Å². The molecule has 0 fully saturated rings. The van der Waals surface area contributed by atoms with E-state index in [0.717, 1.165) is 16.7 Å². The van der Waals surface area contributed by atoms with E-state index < -0.39 is 0 Å². The van der Waals surface area contributed by atoms with E-state index in [9.17, 15) is 9.59 Å². The Morgan fingerprint density at radius 3 is 2.22 bits per heavy atom. The van der Waals surface area contributed by atoms with Gasteiger partial charge in [-0.3, -0.25) is 4.79 Å². The zero-order valence-electron chi connectivity index (χ0n) is 15.4. The van der Waals surface area contributed by atoms with Crippen molar-refractivity contribution in [3.8, 4) is 0 Å². The zero-order chi connectivity index (χ0) is 19.1. The quantitative estimate of drug-likeness (QED) is 0.432. The van der Waals surface area contributed by atoms with Crippen molar-refractivity contribution in [2.24, 2.45) is 0 Å². The maximum Gasteiger partial charge on any atom is 0.338 e. The van der Waals surface area contributed by atoms with Crippen LogP contribution in [0.4, 0.5) is 0 Å². The first-order valence-corrected chi connectivity index (χ1v) is 9.02. The first-order chi connectivity index (χ1) is 13.1. The second-order valence-electron chi connectivity index (χ2n) is 6.51. The summed E-state index contributed by atoms with van der Waals surface area (Å²) in [5.41, 5.74) is 4.11. The molecule has 0 heterocycles. The summed E-state index contributed by atoms with van der Waals surface area (Å²) in [4.78, 5) is 24.9. The molecule has 3 nitrogen and oxygen atoms in total. The number of rotatable bonds is 7. The van der Waals surface area contributed by atoms with Crippen LogP contribution in [0.5, 0.6) is 0 Å². The molecule has 27 heavy (non-hydrogen) atoms. The van der Waals surface area contributed by atoms with Gasteiger partial charge in [-0.2, -0.15) is 0 Å². The molecule has 0 N–H and O–H groups in total. The molecule has 3 aromatic carbocycles. The van der Waals surface area contributed by atoms with Gasteiger partial charge in [0.15, 0.2) is 5.78 Å². The molecule has 0 aromatic heterocycles. The van der Waals surface area contributed by atoms with Crippen molar-refractivity contribution in [2.75, 3.05) is 0 Å². The van der Waals surface area contributed by atoms with Crippen molar-refractivity contribution in [1.29, 1.82) is 0 Å². The fourth-order valence-electron chi connectivity index (χ4n) is 2.87. The molecule has 0 saturated heterocycles. The average molecular weight is 358 g/mol. The van der Waals surface area contributed by atoms with Gasteiger partial charge >= 0.3 is 5.97 Å². The minimum Gasteiger partial charge on any atom is -0.457 e. The minimum absolute atomic E-state index is 0.0717. The Kier molecular flexibility index (Phi) is 6.16. The Morgan fingerprint density at radius 1 is 0.815 bits per heavy atom. The number of Topliss-reactive ketones (excluding diaryl/α,β-unsaturated/α-hetero) is 1. The molecule has 0 saturated carbocycles. The van der Waals surface area contributed by atoms with Gasteiger partial charge in [0.1, 0.15) is 6.61 Å². The van der Waals surface area contributed by atoms with E-state index in [1.807, 2.05) is 79.7 Å². The van der Waals surface area contributed by atoms with E-state index in [2.05, 4.69) is 0 Å². The van der Waals surface area contributed by atoms with Crippen LogP contribution in [-0.4, -0.2) is 11.8 Å². The Labute approximate surface area is 159 Å². The highest BCUT2D eigenvalue weighted by molar-refractivity contribution is 5.96. The monoisotopic (exact) mass is 358 g/mol. The van der Waals surface area contributed by atoms with Crippen LogP contribution in [0, 0.1) is 6.92 Å². The normalized spacial score (nSPS) is 10.4. The fraction of sp³-hybridized carbons (Fsp3) is 0.167. The number of ketones is 1. The number of esters is 1. The summed E-state index contributed by atoms with van der Waals surface area (Å²) < 4.78 is 5.44. The highest BCUT2D eigenvalue weighted by Gasteiger charge is 2.14. The van der Waals surface area contributed by atoms with Gasteiger partial charge in [-0.05, 0) is 30.5 Å². The van der Waals surface area contributed by atoms with Gasteiger partial charge in [0.05, 0.1) is 5.56 Å². The number of ether oxygens (including phenoxy) is 1. The molecule has 3 rings (SSSR count). The molecular weight excluding hydrogens is 336 g/mol. The van der Waals surface area contributed by atoms with E-state index in [1.54, 1.807) is 6.07 Å². The summed E-state index contributed by atoms with van der Waals surface area (Å²) in [5.74, 6) is -0.292. The smallest absolute Gasteiger partial charge is 0.338 e. The topological polar surface area (TPSA) is 43.4 Å². The van der Waals surface area contributed by atoms with Gasteiger partial charge in [-0.15, -0.1) is 0 Å². The second kappa shape index (κ2) is 8.95. The van der Waals surface area contributed by atoms with E-state index in [0.29, 0.717) is 24.0 Å². The molecule has 3 heteroatoms. The number of hydrogen-bond acceptors (Lipinski definition) is 3. The van der Waals surface area contributed by atoms with Gasteiger partial charge in [-0.1, -0.05) is 78.4 Å². The first kappa shape index (κ1) is 18.6. The maximum atomic E-state index is 12.5. The lowest BCUT2D eigenvalue weighted by Crippen LogP contribution is -2.10. The summed E-state index contributed by atoms with van der Waals surface area (Å²) in [6, 6.07) is 24.4. The summed E-state index contributed by atoms with van der Waals surface area (Å²) >= 11 is 0. The largest absolute Gasteiger partial charge is 0.457 e. The molecule has 3 aromatic rings. The molecule has 0 aliphatic heterocycles. The lowest BCUT2D eigenvalue weighted by atomic mass is 9.98. The Bertz CT molecular complexity index is 912. The molecule has 0 unspecified atom stereocenters. The van der Waals surface area contributed by atoms with Gasteiger partial charge in [0.2, 0.25) is 0 Å². The summed E-state index contributed by atoms with van der Waals surface area (Å²) in [5, 5.41) is 0. The lowest BCUT2D eigenvalue weighted by Gasteiger charge is -2.10. The lowest BCUT2D eigenvalue weighted by molar-refractivity contribution is 0.0471. The van der Waals surface area contributed by atoms with Crippen LogP contribution in [0.15, 0.2) is 78.9 Å². The number of carbonyl (C=O) groups excluding carboxylic acids is 2. The van der Waals surface area contributed by atoms with E-state index >= 15 is 0 Å². The molecule has 0 bridgehead atoms. The van der Waals surface area contributed by atoms with Gasteiger partial charge < -0.3 is 4.74 Å². The van der Waals surface area contributed by atoms with Gasteiger partial charge in [0.25, 0.3) is 0 Å². The molecule has 0 radical (unpaired) electrons. The molecule has 0 aliphatic carbocycles. The van der Waals surface area contributed by atoms with Crippen LogP contribution in [0.1, 0.15) is 43.8 Å². The maximum absolute atomic E-state index is 12.5. The Balaban J connectivity index is 1.63. The zero-order valence-corrected chi connectivity index (χ0v) is 15.4. The predicted molar refractivity (Wildman–Crippen MR) is 106 cm³/mol. The van der Waals surface area contributed by atoms with Crippen molar-refractivity contribution in [3.63, 3.8) is 0 Å². The predicted octanol–water partition coefficient (Wildman–Crippen LogP) is 5.17. The van der Waals surface area contributed by atoms with Crippen LogP contribution in [0.25, 0.3) is 0 Å². The number of benzene rings is 3. The van der Waals surface area contributed by atoms with Crippen LogP contribution in [0.2, 0.25) is 0 Å². The SMILES string of the molecule is Cc1ccc(C(=O)CCc2ccccc2C(=O)OCc2ccccc2)cc1. The number of hydrogen-bond donors (Lipinski definition) is 0.